The Kier molecular flexibility index (Phi) is 2.82. The van der Waals surface area contributed by atoms with Crippen molar-refractivity contribution >= 4 is 19.9 Å². The molecule has 0 saturated carbocycles. The van der Waals surface area contributed by atoms with E-state index >= 15 is 0 Å². The summed E-state index contributed by atoms with van der Waals surface area (Å²) in [6.07, 6.45) is 3.44. The lowest BCUT2D eigenvalue weighted by atomic mass is 10.1. The Balaban J connectivity index is 2.38. The molecule has 1 aliphatic carbocycles. The van der Waals surface area contributed by atoms with Crippen LogP contribution in [0.25, 0.3) is 0 Å². The van der Waals surface area contributed by atoms with Crippen molar-refractivity contribution < 1.29 is 4.43 Å². The average molecular weight is 241 g/mol. The van der Waals surface area contributed by atoms with Crippen LogP contribution < -0.4 is 4.43 Å². The van der Waals surface area contributed by atoms with Crippen LogP contribution in [0.2, 0.25) is 24.7 Å². The fraction of sp³-hybridized carbons (Fsp3) is 0.500. The number of halogens is 1. The van der Waals surface area contributed by atoms with Gasteiger partial charge in [0, 0.05) is 5.02 Å². The van der Waals surface area contributed by atoms with Gasteiger partial charge in [-0.3, -0.25) is 0 Å². The molecular formula is C12H17ClOSi. The topological polar surface area (TPSA) is 9.23 Å². The van der Waals surface area contributed by atoms with Crippen LogP contribution in [0, 0.1) is 0 Å². The Morgan fingerprint density at radius 2 is 1.80 bits per heavy atom. The van der Waals surface area contributed by atoms with E-state index in [2.05, 4.69) is 19.6 Å². The second kappa shape index (κ2) is 3.83. The number of hydrogen-bond donors (Lipinski definition) is 0. The van der Waals surface area contributed by atoms with E-state index in [0.29, 0.717) is 0 Å². The molecule has 15 heavy (non-hydrogen) atoms. The number of benzene rings is 1. The molecule has 0 aromatic heterocycles. The van der Waals surface area contributed by atoms with Crippen LogP contribution in [0.15, 0.2) is 12.1 Å². The minimum absolute atomic E-state index is 0.908. The quantitative estimate of drug-likeness (QED) is 0.709. The van der Waals surface area contributed by atoms with E-state index in [1.807, 2.05) is 12.1 Å². The molecule has 1 aromatic rings. The molecule has 0 spiro atoms. The Hall–Kier alpha value is -0.473. The Bertz CT molecular complexity index is 382. The van der Waals surface area contributed by atoms with E-state index < -0.39 is 8.32 Å². The maximum Gasteiger partial charge on any atom is 0.242 e. The Labute approximate surface area is 97.5 Å². The molecule has 0 bridgehead atoms. The van der Waals surface area contributed by atoms with Gasteiger partial charge in [0.15, 0.2) is 0 Å². The molecule has 0 fully saturated rings. The van der Waals surface area contributed by atoms with Gasteiger partial charge in [0.25, 0.3) is 0 Å². The number of rotatable bonds is 2. The van der Waals surface area contributed by atoms with Gasteiger partial charge in [-0.05, 0) is 62.2 Å². The standard InChI is InChI=1S/C12H17ClOSi/c1-15(2,3)14-12-8-7-11(13)9-5-4-6-10(9)12/h7-8H,4-6H2,1-3H3. The lowest BCUT2D eigenvalue weighted by Gasteiger charge is -2.21. The van der Waals surface area contributed by atoms with E-state index in [9.17, 15) is 0 Å². The zero-order chi connectivity index (χ0) is 11.1. The second-order valence-electron chi connectivity index (χ2n) is 5.07. The van der Waals surface area contributed by atoms with Gasteiger partial charge in [0.2, 0.25) is 8.32 Å². The van der Waals surface area contributed by atoms with Crippen LogP contribution in [0.5, 0.6) is 5.75 Å². The maximum atomic E-state index is 6.17. The summed E-state index contributed by atoms with van der Waals surface area (Å²) < 4.78 is 6.08. The summed E-state index contributed by atoms with van der Waals surface area (Å²) in [4.78, 5) is 0. The van der Waals surface area contributed by atoms with E-state index in [1.54, 1.807) is 0 Å². The van der Waals surface area contributed by atoms with Crippen molar-refractivity contribution in [3.05, 3.63) is 28.3 Å². The van der Waals surface area contributed by atoms with Crippen LogP contribution >= 0.6 is 11.6 Å². The molecule has 1 aromatic carbocycles. The largest absolute Gasteiger partial charge is 0.544 e. The van der Waals surface area contributed by atoms with Crippen molar-refractivity contribution in [2.75, 3.05) is 0 Å². The summed E-state index contributed by atoms with van der Waals surface area (Å²) in [5.74, 6) is 1.08. The van der Waals surface area contributed by atoms with Gasteiger partial charge in [-0.1, -0.05) is 11.6 Å². The van der Waals surface area contributed by atoms with Crippen molar-refractivity contribution in [2.45, 2.75) is 38.9 Å². The first kappa shape index (κ1) is 11.0. The third-order valence-corrected chi connectivity index (χ3v) is 3.79. The second-order valence-corrected chi connectivity index (χ2v) is 9.91. The van der Waals surface area contributed by atoms with Crippen LogP contribution in [0.4, 0.5) is 0 Å². The van der Waals surface area contributed by atoms with Crippen molar-refractivity contribution in [1.29, 1.82) is 0 Å². The van der Waals surface area contributed by atoms with Crippen LogP contribution in [-0.2, 0) is 12.8 Å². The lowest BCUT2D eigenvalue weighted by molar-refractivity contribution is 0.550. The molecule has 1 aliphatic rings. The highest BCUT2D eigenvalue weighted by Crippen LogP contribution is 2.36. The van der Waals surface area contributed by atoms with Crippen LogP contribution in [0.1, 0.15) is 17.5 Å². The first-order valence-corrected chi connectivity index (χ1v) is 9.25. The van der Waals surface area contributed by atoms with Crippen molar-refractivity contribution in [1.82, 2.24) is 0 Å². The first-order chi connectivity index (χ1) is 6.97. The summed E-state index contributed by atoms with van der Waals surface area (Å²) in [5, 5.41) is 0.908. The molecule has 0 N–H and O–H groups in total. The molecule has 0 heterocycles. The van der Waals surface area contributed by atoms with E-state index in [1.165, 1.54) is 17.5 Å². The van der Waals surface area contributed by atoms with Gasteiger partial charge in [-0.2, -0.15) is 0 Å². The monoisotopic (exact) mass is 240 g/mol. The van der Waals surface area contributed by atoms with Crippen molar-refractivity contribution in [3.8, 4) is 5.75 Å². The summed E-state index contributed by atoms with van der Waals surface area (Å²) in [6.45, 7) is 6.63. The van der Waals surface area contributed by atoms with Crippen LogP contribution in [-0.4, -0.2) is 8.32 Å². The highest BCUT2D eigenvalue weighted by molar-refractivity contribution is 6.70. The third-order valence-electron chi connectivity index (χ3n) is 2.60. The van der Waals surface area contributed by atoms with Gasteiger partial charge < -0.3 is 4.43 Å². The molecule has 1 nitrogen and oxygen atoms in total. The van der Waals surface area contributed by atoms with E-state index in [-0.39, 0.29) is 0 Å². The van der Waals surface area contributed by atoms with Crippen molar-refractivity contribution in [3.63, 3.8) is 0 Å². The highest BCUT2D eigenvalue weighted by Gasteiger charge is 2.23. The molecule has 0 amide bonds. The zero-order valence-corrected chi connectivity index (χ0v) is 11.3. The predicted molar refractivity (Wildman–Crippen MR) is 67.5 cm³/mol. The molecule has 0 saturated heterocycles. The smallest absolute Gasteiger partial charge is 0.242 e. The van der Waals surface area contributed by atoms with Gasteiger partial charge in [-0.25, -0.2) is 0 Å². The summed E-state index contributed by atoms with van der Waals surface area (Å²) in [5.41, 5.74) is 2.66. The molecule has 2 rings (SSSR count). The molecule has 0 aliphatic heterocycles. The molecular weight excluding hydrogens is 224 g/mol. The maximum absolute atomic E-state index is 6.17. The van der Waals surface area contributed by atoms with Crippen molar-refractivity contribution in [2.24, 2.45) is 0 Å². The third kappa shape index (κ3) is 2.37. The van der Waals surface area contributed by atoms with Gasteiger partial charge in [-0.15, -0.1) is 0 Å². The molecule has 0 atom stereocenters. The minimum atomic E-state index is -1.50. The minimum Gasteiger partial charge on any atom is -0.544 e. The predicted octanol–water partition coefficient (Wildman–Crippen LogP) is 4.04. The fourth-order valence-corrected chi connectivity index (χ4v) is 3.18. The molecule has 0 radical (unpaired) electrons. The summed E-state index contributed by atoms with van der Waals surface area (Å²) in [6, 6.07) is 4.01. The summed E-state index contributed by atoms with van der Waals surface area (Å²) >= 11 is 6.17. The molecule has 3 heteroatoms. The number of hydrogen-bond acceptors (Lipinski definition) is 1. The van der Waals surface area contributed by atoms with Gasteiger partial charge >= 0.3 is 0 Å². The number of fused-ring (bicyclic) bond motifs is 1. The van der Waals surface area contributed by atoms with Gasteiger partial charge in [0.1, 0.15) is 5.75 Å². The Morgan fingerprint density at radius 3 is 2.47 bits per heavy atom. The zero-order valence-electron chi connectivity index (χ0n) is 9.56. The Morgan fingerprint density at radius 1 is 1.13 bits per heavy atom. The molecule has 82 valence electrons. The highest BCUT2D eigenvalue weighted by atomic mass is 35.5. The normalized spacial score (nSPS) is 15.2. The fourth-order valence-electron chi connectivity index (χ4n) is 2.05. The van der Waals surface area contributed by atoms with Crippen LogP contribution in [0.3, 0.4) is 0 Å². The van der Waals surface area contributed by atoms with E-state index in [4.69, 9.17) is 16.0 Å². The first-order valence-electron chi connectivity index (χ1n) is 5.47. The van der Waals surface area contributed by atoms with E-state index in [0.717, 1.165) is 23.6 Å². The SMILES string of the molecule is C[Si](C)(C)Oc1ccc(Cl)c2c1CCC2. The summed E-state index contributed by atoms with van der Waals surface area (Å²) in [7, 11) is -1.50. The van der Waals surface area contributed by atoms with Gasteiger partial charge in [0.05, 0.1) is 0 Å². The molecule has 0 unspecified atom stereocenters. The lowest BCUT2D eigenvalue weighted by Crippen LogP contribution is -2.29. The average Bonchev–Trinajstić information content (AvgIpc) is 2.57.